The van der Waals surface area contributed by atoms with Gasteiger partial charge in [0.05, 0.1) is 0 Å². The van der Waals surface area contributed by atoms with E-state index in [2.05, 4.69) is 206 Å². The van der Waals surface area contributed by atoms with Gasteiger partial charge in [0.1, 0.15) is 0 Å². The maximum Gasteiger partial charge on any atom is 0.164 e. The molecule has 0 radical (unpaired) electrons. The van der Waals surface area contributed by atoms with Crippen molar-refractivity contribution < 1.29 is 0 Å². The minimum absolute atomic E-state index is 0.627. The molecule has 10 aromatic rings. The number of hydrogen-bond donors (Lipinski definition) is 0. The zero-order valence-electron chi connectivity index (χ0n) is 30.5. The summed E-state index contributed by atoms with van der Waals surface area (Å²) in [7, 11) is 0. The third-order valence-electron chi connectivity index (χ3n) is 10.6. The van der Waals surface area contributed by atoms with Crippen LogP contribution in [0.3, 0.4) is 0 Å². The Morgan fingerprint density at radius 1 is 0.214 bits per heavy atom. The Labute approximate surface area is 326 Å². The van der Waals surface area contributed by atoms with Gasteiger partial charge in [-0.2, -0.15) is 0 Å². The quantitative estimate of drug-likeness (QED) is 0.165. The van der Waals surface area contributed by atoms with E-state index in [0.29, 0.717) is 17.5 Å². The van der Waals surface area contributed by atoms with Gasteiger partial charge in [0.15, 0.2) is 17.5 Å². The van der Waals surface area contributed by atoms with E-state index in [0.717, 1.165) is 38.9 Å². The van der Waals surface area contributed by atoms with E-state index in [4.69, 9.17) is 15.0 Å². The molecule has 9 aromatic carbocycles. The van der Waals surface area contributed by atoms with Gasteiger partial charge >= 0.3 is 0 Å². The van der Waals surface area contributed by atoms with Crippen molar-refractivity contribution >= 4 is 21.5 Å². The van der Waals surface area contributed by atoms with Crippen LogP contribution in [0.5, 0.6) is 0 Å². The Bertz CT molecular complexity index is 2990. The molecule has 0 spiro atoms. The summed E-state index contributed by atoms with van der Waals surface area (Å²) in [6.07, 6.45) is 0. The Kier molecular flexibility index (Phi) is 8.51. The number of hydrogen-bond acceptors (Lipinski definition) is 3. The highest BCUT2D eigenvalue weighted by Gasteiger charge is 2.15. The van der Waals surface area contributed by atoms with E-state index in [1.807, 2.05) is 6.07 Å². The van der Waals surface area contributed by atoms with E-state index in [1.54, 1.807) is 0 Å². The molecule has 56 heavy (non-hydrogen) atoms. The summed E-state index contributed by atoms with van der Waals surface area (Å²) in [5.74, 6) is 1.89. The predicted molar refractivity (Wildman–Crippen MR) is 233 cm³/mol. The average Bonchev–Trinajstić information content (AvgIpc) is 3.29. The second-order valence-corrected chi connectivity index (χ2v) is 14.0. The van der Waals surface area contributed by atoms with Crippen LogP contribution in [-0.4, -0.2) is 15.0 Å². The first-order valence-corrected chi connectivity index (χ1v) is 18.9. The lowest BCUT2D eigenvalue weighted by molar-refractivity contribution is 1.07. The summed E-state index contributed by atoms with van der Waals surface area (Å²) < 4.78 is 0. The van der Waals surface area contributed by atoms with Gasteiger partial charge in [-0.15, -0.1) is 0 Å². The van der Waals surface area contributed by atoms with Gasteiger partial charge in [-0.05, 0) is 72.1 Å². The molecule has 10 rings (SSSR count). The molecule has 0 N–H and O–H groups in total. The fraction of sp³-hybridized carbons (Fsp3) is 0. The molecule has 0 saturated carbocycles. The normalized spacial score (nSPS) is 11.2. The van der Waals surface area contributed by atoms with Crippen LogP contribution in [0.1, 0.15) is 0 Å². The van der Waals surface area contributed by atoms with Crippen LogP contribution in [0.25, 0.3) is 100 Å². The number of nitrogens with zero attached hydrogens (tertiary/aromatic N) is 3. The molecule has 0 fully saturated rings. The van der Waals surface area contributed by atoms with E-state index >= 15 is 0 Å². The number of benzene rings is 9. The lowest BCUT2D eigenvalue weighted by Gasteiger charge is -2.13. The number of rotatable bonds is 7. The SMILES string of the molecule is c1ccc(-c2ccc(-c3nc(-c4ccc(-c5cccc6ccccc56)cc4)nc(-c4cccc(-c5cccc6c(-c7ccccc7)cccc56)c4)n3)cc2)cc1. The average molecular weight is 714 g/mol. The Balaban J connectivity index is 1.08. The van der Waals surface area contributed by atoms with Crippen LogP contribution in [0.2, 0.25) is 0 Å². The van der Waals surface area contributed by atoms with E-state index in [9.17, 15) is 0 Å². The zero-order valence-corrected chi connectivity index (χ0v) is 30.5. The molecule has 0 atom stereocenters. The van der Waals surface area contributed by atoms with Crippen LogP contribution in [0, 0.1) is 0 Å². The first kappa shape index (κ1) is 33.1. The maximum atomic E-state index is 5.15. The van der Waals surface area contributed by atoms with Crippen LogP contribution in [-0.2, 0) is 0 Å². The van der Waals surface area contributed by atoms with Crippen LogP contribution >= 0.6 is 0 Å². The van der Waals surface area contributed by atoms with Crippen molar-refractivity contribution in [1.82, 2.24) is 15.0 Å². The van der Waals surface area contributed by atoms with Crippen molar-refractivity contribution in [2.45, 2.75) is 0 Å². The van der Waals surface area contributed by atoms with Gasteiger partial charge in [0, 0.05) is 16.7 Å². The predicted octanol–water partition coefficient (Wildman–Crippen LogP) is 13.8. The summed E-state index contributed by atoms with van der Waals surface area (Å²) in [6.45, 7) is 0. The van der Waals surface area contributed by atoms with Gasteiger partial charge in [0.25, 0.3) is 0 Å². The highest BCUT2D eigenvalue weighted by atomic mass is 15.0. The lowest BCUT2D eigenvalue weighted by Crippen LogP contribution is -2.00. The Morgan fingerprint density at radius 3 is 1.21 bits per heavy atom. The maximum absolute atomic E-state index is 5.15. The van der Waals surface area contributed by atoms with Gasteiger partial charge in [0.2, 0.25) is 0 Å². The summed E-state index contributed by atoms with van der Waals surface area (Å²) >= 11 is 0. The molecule has 1 heterocycles. The van der Waals surface area contributed by atoms with Crippen molar-refractivity contribution in [3.05, 3.63) is 212 Å². The minimum atomic E-state index is 0.627. The number of fused-ring (bicyclic) bond motifs is 2. The molecule has 0 bridgehead atoms. The smallest absolute Gasteiger partial charge is 0.164 e. The first-order valence-electron chi connectivity index (χ1n) is 18.9. The van der Waals surface area contributed by atoms with Crippen molar-refractivity contribution in [3.63, 3.8) is 0 Å². The molecule has 0 aliphatic rings. The van der Waals surface area contributed by atoms with Gasteiger partial charge < -0.3 is 0 Å². The van der Waals surface area contributed by atoms with E-state index in [1.165, 1.54) is 43.8 Å². The lowest BCUT2D eigenvalue weighted by atomic mass is 9.92. The summed E-state index contributed by atoms with van der Waals surface area (Å²) in [5, 5.41) is 4.88. The molecule has 3 nitrogen and oxygen atoms in total. The van der Waals surface area contributed by atoms with Gasteiger partial charge in [-0.25, -0.2) is 15.0 Å². The summed E-state index contributed by atoms with van der Waals surface area (Å²) in [6, 6.07) is 74.7. The van der Waals surface area contributed by atoms with Crippen molar-refractivity contribution in [1.29, 1.82) is 0 Å². The van der Waals surface area contributed by atoms with E-state index < -0.39 is 0 Å². The highest BCUT2D eigenvalue weighted by Crippen LogP contribution is 2.37. The molecule has 262 valence electrons. The molecule has 1 aromatic heterocycles. The van der Waals surface area contributed by atoms with Crippen molar-refractivity contribution in [2.24, 2.45) is 0 Å². The highest BCUT2D eigenvalue weighted by molar-refractivity contribution is 6.04. The zero-order chi connectivity index (χ0) is 37.3. The Hall–Kier alpha value is -7.49. The van der Waals surface area contributed by atoms with Crippen molar-refractivity contribution in [2.75, 3.05) is 0 Å². The van der Waals surface area contributed by atoms with Gasteiger partial charge in [-0.1, -0.05) is 206 Å². The van der Waals surface area contributed by atoms with Crippen LogP contribution in [0.4, 0.5) is 0 Å². The standard InChI is InChI=1S/C53H35N3/c1-3-13-36(14-4-1)37-27-31-41(32-28-37)51-54-52(42-33-29-40(30-34-42)46-22-10-18-39-17-7-8-21-45(39)46)56-53(55-51)44-20-9-19-43(35-44)48-24-12-25-49-47(23-11-26-50(48)49)38-15-5-2-6-16-38/h1-35H. The second kappa shape index (κ2) is 14.4. The third kappa shape index (κ3) is 6.31. The fourth-order valence-electron chi connectivity index (χ4n) is 7.74. The third-order valence-corrected chi connectivity index (χ3v) is 10.6. The molecule has 0 unspecified atom stereocenters. The molecular formula is C53H35N3. The fourth-order valence-corrected chi connectivity index (χ4v) is 7.74. The summed E-state index contributed by atoms with van der Waals surface area (Å²) in [5.41, 5.74) is 12.1. The van der Waals surface area contributed by atoms with Crippen molar-refractivity contribution in [3.8, 4) is 78.7 Å². The van der Waals surface area contributed by atoms with Crippen LogP contribution in [0.15, 0.2) is 212 Å². The molecule has 0 aliphatic carbocycles. The largest absolute Gasteiger partial charge is 0.208 e. The topological polar surface area (TPSA) is 38.7 Å². The molecule has 0 amide bonds. The molecule has 0 saturated heterocycles. The monoisotopic (exact) mass is 713 g/mol. The van der Waals surface area contributed by atoms with E-state index in [-0.39, 0.29) is 0 Å². The Morgan fingerprint density at radius 2 is 0.571 bits per heavy atom. The summed E-state index contributed by atoms with van der Waals surface area (Å²) in [4.78, 5) is 15.4. The van der Waals surface area contributed by atoms with Crippen LogP contribution < -0.4 is 0 Å². The van der Waals surface area contributed by atoms with Gasteiger partial charge in [-0.3, -0.25) is 0 Å². The number of aromatic nitrogens is 3. The molecule has 0 aliphatic heterocycles. The molecular weight excluding hydrogens is 679 g/mol. The first-order chi connectivity index (χ1) is 27.7. The molecule has 3 heteroatoms. The minimum Gasteiger partial charge on any atom is -0.208 e. The second-order valence-electron chi connectivity index (χ2n) is 14.0.